The van der Waals surface area contributed by atoms with Gasteiger partial charge in [-0.2, -0.15) is 0 Å². The summed E-state index contributed by atoms with van der Waals surface area (Å²) in [5.74, 6) is 0.816. The molecule has 1 aliphatic heterocycles. The van der Waals surface area contributed by atoms with Gasteiger partial charge >= 0.3 is 6.41 Å². The molecule has 2 radical (unpaired) electrons. The smallest absolute Gasteiger partial charge is 0.312 e. The summed E-state index contributed by atoms with van der Waals surface area (Å²) in [4.78, 5) is 19.1. The lowest BCUT2D eigenvalue weighted by atomic mass is 10.2. The number of hydrogen-bond donors (Lipinski definition) is 1. The van der Waals surface area contributed by atoms with Crippen molar-refractivity contribution in [3.05, 3.63) is 18.2 Å². The van der Waals surface area contributed by atoms with Crippen LogP contribution in [0, 0.1) is 6.20 Å². The third-order valence-electron chi connectivity index (χ3n) is 2.15. The second-order valence-electron chi connectivity index (χ2n) is 2.86. The minimum Gasteiger partial charge on any atom is -0.339 e. The van der Waals surface area contributed by atoms with Gasteiger partial charge in [-0.3, -0.25) is 4.79 Å². The third-order valence-corrected chi connectivity index (χ3v) is 2.15. The Bertz CT molecular complexity index is 257. The fourth-order valence-electron chi connectivity index (χ4n) is 1.57. The van der Waals surface area contributed by atoms with Gasteiger partial charge in [0, 0.05) is 6.54 Å². The van der Waals surface area contributed by atoms with E-state index in [2.05, 4.69) is 16.2 Å². The Morgan fingerprint density at radius 2 is 2.75 bits per heavy atom. The number of likely N-dealkylation sites (tertiary alicyclic amines) is 1. The SMILES string of the molecule is O=[C]N1CCCC1c1nc[c][nH]1. The van der Waals surface area contributed by atoms with Gasteiger partial charge < -0.3 is 9.88 Å². The topological polar surface area (TPSA) is 49.0 Å². The van der Waals surface area contributed by atoms with Crippen LogP contribution in [0.15, 0.2) is 6.20 Å². The summed E-state index contributed by atoms with van der Waals surface area (Å²) in [7, 11) is 0. The fourth-order valence-corrected chi connectivity index (χ4v) is 1.57. The number of rotatable bonds is 2. The highest BCUT2D eigenvalue weighted by molar-refractivity contribution is 5.49. The van der Waals surface area contributed by atoms with Gasteiger partial charge in [0.1, 0.15) is 5.82 Å². The molecule has 1 saturated heterocycles. The molecule has 0 spiro atoms. The Hall–Kier alpha value is -1.32. The highest BCUT2D eigenvalue weighted by Crippen LogP contribution is 2.27. The van der Waals surface area contributed by atoms with E-state index in [-0.39, 0.29) is 6.04 Å². The number of H-pyrrole nitrogens is 1. The molecule has 0 aliphatic carbocycles. The molecule has 4 heteroatoms. The van der Waals surface area contributed by atoms with E-state index in [0.29, 0.717) is 0 Å². The quantitative estimate of drug-likeness (QED) is 0.686. The van der Waals surface area contributed by atoms with E-state index < -0.39 is 0 Å². The third kappa shape index (κ3) is 1.09. The molecule has 4 nitrogen and oxygen atoms in total. The number of aromatic amines is 1. The Labute approximate surface area is 70.6 Å². The molecule has 1 amide bonds. The van der Waals surface area contributed by atoms with Crippen molar-refractivity contribution in [3.8, 4) is 0 Å². The van der Waals surface area contributed by atoms with Crippen LogP contribution in [0.4, 0.5) is 0 Å². The standard InChI is InChI=1S/C8H9N3O/c12-6-11-5-1-2-7(11)8-9-3-4-10-8/h3,7H,1-2,5H2,(H,9,10). The summed E-state index contributed by atoms with van der Waals surface area (Å²) in [5, 5.41) is 0. The fraction of sp³-hybridized carbons (Fsp3) is 0.500. The lowest BCUT2D eigenvalue weighted by Gasteiger charge is -2.15. The maximum absolute atomic E-state index is 10.5. The number of amides is 1. The first-order valence-corrected chi connectivity index (χ1v) is 3.97. The van der Waals surface area contributed by atoms with Gasteiger partial charge in [-0.15, -0.1) is 0 Å². The van der Waals surface area contributed by atoms with Gasteiger partial charge in [-0.1, -0.05) is 0 Å². The van der Waals surface area contributed by atoms with Crippen molar-refractivity contribution in [3.63, 3.8) is 0 Å². The first-order chi connectivity index (χ1) is 5.92. The maximum Gasteiger partial charge on any atom is 0.312 e. The molecule has 2 heterocycles. The van der Waals surface area contributed by atoms with Crippen molar-refractivity contribution in [2.45, 2.75) is 18.9 Å². The zero-order valence-corrected chi connectivity index (χ0v) is 6.58. The van der Waals surface area contributed by atoms with Crippen molar-refractivity contribution in [2.75, 3.05) is 6.54 Å². The van der Waals surface area contributed by atoms with Crippen LogP contribution in [-0.2, 0) is 4.79 Å². The van der Waals surface area contributed by atoms with Crippen LogP contribution in [0.25, 0.3) is 0 Å². The molecule has 1 aliphatic rings. The Kier molecular flexibility index (Phi) is 1.81. The summed E-state index contributed by atoms with van der Waals surface area (Å²) < 4.78 is 0. The minimum atomic E-state index is 0.0914. The monoisotopic (exact) mass is 163 g/mol. The van der Waals surface area contributed by atoms with E-state index in [1.165, 1.54) is 0 Å². The number of imidazole rings is 1. The Morgan fingerprint density at radius 3 is 3.42 bits per heavy atom. The number of carbonyl (C=O) groups excluding carboxylic acids is 1. The van der Waals surface area contributed by atoms with E-state index in [0.717, 1.165) is 25.2 Å². The predicted octanol–water partition coefficient (Wildman–Crippen LogP) is 0.414. The predicted molar refractivity (Wildman–Crippen MR) is 41.8 cm³/mol. The zero-order chi connectivity index (χ0) is 8.39. The molecule has 1 aromatic rings. The van der Waals surface area contributed by atoms with Crippen LogP contribution in [-0.4, -0.2) is 27.8 Å². The number of nitrogens with zero attached hydrogens (tertiary/aromatic N) is 2. The molecule has 0 aromatic carbocycles. The molecule has 1 fully saturated rings. The Morgan fingerprint density at radius 1 is 1.83 bits per heavy atom. The van der Waals surface area contributed by atoms with Crippen molar-refractivity contribution >= 4 is 6.41 Å². The number of hydrogen-bond acceptors (Lipinski definition) is 2. The van der Waals surface area contributed by atoms with Crippen molar-refractivity contribution in [1.82, 2.24) is 14.9 Å². The van der Waals surface area contributed by atoms with E-state index in [9.17, 15) is 4.79 Å². The lowest BCUT2D eigenvalue weighted by Crippen LogP contribution is -2.21. The molecule has 0 saturated carbocycles. The molecule has 12 heavy (non-hydrogen) atoms. The summed E-state index contributed by atoms with van der Waals surface area (Å²) in [6.45, 7) is 0.787. The molecule has 1 unspecified atom stereocenters. The zero-order valence-electron chi connectivity index (χ0n) is 6.58. The molecular weight excluding hydrogens is 154 g/mol. The number of nitrogens with one attached hydrogen (secondary N) is 1. The summed E-state index contributed by atoms with van der Waals surface area (Å²) >= 11 is 0. The first-order valence-electron chi connectivity index (χ1n) is 3.97. The van der Waals surface area contributed by atoms with E-state index in [1.54, 1.807) is 11.1 Å². The van der Waals surface area contributed by atoms with E-state index in [4.69, 9.17) is 0 Å². The number of aromatic nitrogens is 2. The normalized spacial score (nSPS) is 23.0. The largest absolute Gasteiger partial charge is 0.339 e. The molecule has 2 rings (SSSR count). The van der Waals surface area contributed by atoms with Gasteiger partial charge in [0.15, 0.2) is 0 Å². The van der Waals surface area contributed by atoms with Crippen LogP contribution >= 0.6 is 0 Å². The first kappa shape index (κ1) is 7.34. The van der Waals surface area contributed by atoms with Gasteiger partial charge in [0.05, 0.1) is 18.4 Å². The highest BCUT2D eigenvalue weighted by atomic mass is 16.1. The maximum atomic E-state index is 10.5. The molecule has 1 N–H and O–H groups in total. The summed E-state index contributed by atoms with van der Waals surface area (Å²) in [6, 6.07) is 0.0914. The lowest BCUT2D eigenvalue weighted by molar-refractivity contribution is 0.355. The highest BCUT2D eigenvalue weighted by Gasteiger charge is 2.26. The van der Waals surface area contributed by atoms with Gasteiger partial charge in [0.25, 0.3) is 0 Å². The van der Waals surface area contributed by atoms with Crippen LogP contribution in [0.5, 0.6) is 0 Å². The van der Waals surface area contributed by atoms with E-state index >= 15 is 0 Å². The second kappa shape index (κ2) is 2.97. The average molecular weight is 163 g/mol. The molecule has 62 valence electrons. The van der Waals surface area contributed by atoms with Crippen LogP contribution in [0.2, 0.25) is 0 Å². The Balaban J connectivity index is 2.18. The summed E-state index contributed by atoms with van der Waals surface area (Å²) in [5.41, 5.74) is 0. The van der Waals surface area contributed by atoms with Crippen molar-refractivity contribution in [1.29, 1.82) is 0 Å². The van der Waals surface area contributed by atoms with Crippen LogP contribution in [0.3, 0.4) is 0 Å². The van der Waals surface area contributed by atoms with E-state index in [1.807, 2.05) is 6.41 Å². The second-order valence-corrected chi connectivity index (χ2v) is 2.86. The van der Waals surface area contributed by atoms with Gasteiger partial charge in [-0.05, 0) is 12.8 Å². The van der Waals surface area contributed by atoms with Crippen molar-refractivity contribution in [2.24, 2.45) is 0 Å². The van der Waals surface area contributed by atoms with Crippen LogP contribution < -0.4 is 0 Å². The van der Waals surface area contributed by atoms with Gasteiger partial charge in [-0.25, -0.2) is 4.98 Å². The van der Waals surface area contributed by atoms with Crippen molar-refractivity contribution < 1.29 is 4.79 Å². The van der Waals surface area contributed by atoms with Gasteiger partial charge in [0.2, 0.25) is 0 Å². The molecule has 1 aromatic heterocycles. The summed E-state index contributed by atoms with van der Waals surface area (Å²) in [6.07, 6.45) is 8.25. The minimum absolute atomic E-state index is 0.0914. The molecule has 1 atom stereocenters. The molecule has 0 bridgehead atoms. The molecular formula is C8H9N3O. The van der Waals surface area contributed by atoms with Crippen LogP contribution in [0.1, 0.15) is 24.7 Å². The average Bonchev–Trinajstić information content (AvgIpc) is 2.74.